The molecule has 1 atom stereocenters. The number of alkyl halides is 1. The first-order valence-corrected chi connectivity index (χ1v) is 11.3. The Labute approximate surface area is 180 Å². The van der Waals surface area contributed by atoms with Crippen molar-refractivity contribution in [3.05, 3.63) is 72.3 Å². The largest absolute Gasteiger partial charge is 0.506 e. The second kappa shape index (κ2) is 9.32. The highest BCUT2D eigenvalue weighted by Crippen LogP contribution is 2.32. The zero-order valence-corrected chi connectivity index (χ0v) is 17.4. The van der Waals surface area contributed by atoms with Crippen LogP contribution in [0.4, 0.5) is 15.8 Å². The normalized spacial score (nSPS) is 18.3. The molecule has 0 aromatic heterocycles. The molecule has 0 saturated carbocycles. The Morgan fingerprint density at radius 3 is 2.55 bits per heavy atom. The summed E-state index contributed by atoms with van der Waals surface area (Å²) in [5.41, 5.74) is -0.583. The van der Waals surface area contributed by atoms with Crippen LogP contribution in [0.15, 0.2) is 66.8 Å². The molecule has 1 aliphatic rings. The quantitative estimate of drug-likeness (QED) is 0.367. The van der Waals surface area contributed by atoms with Gasteiger partial charge in [0.1, 0.15) is 5.75 Å². The van der Waals surface area contributed by atoms with E-state index in [9.17, 15) is 18.3 Å². The van der Waals surface area contributed by atoms with Crippen LogP contribution in [0.1, 0.15) is 18.4 Å². The second-order valence-corrected chi connectivity index (χ2v) is 8.95. The molecule has 0 fully saturated rings. The van der Waals surface area contributed by atoms with Crippen molar-refractivity contribution >= 4 is 32.9 Å². The van der Waals surface area contributed by atoms with Crippen molar-refractivity contribution < 1.29 is 27.8 Å². The number of phenolic OH excluding ortho intramolecular Hbond substituents is 1. The third-order valence-electron chi connectivity index (χ3n) is 4.72. The number of anilines is 2. The Bertz CT molecular complexity index is 1120. The maximum Gasteiger partial charge on any atom is 0.266 e. The molecule has 0 saturated heterocycles. The molecule has 0 spiro atoms. The third kappa shape index (κ3) is 5.71. The first-order chi connectivity index (χ1) is 14.7. The molecule has 0 aliphatic heterocycles. The minimum Gasteiger partial charge on any atom is -0.506 e. The van der Waals surface area contributed by atoms with Crippen LogP contribution in [0.2, 0.25) is 0 Å². The molecule has 164 valence electrons. The molecule has 7 nitrogen and oxygen atoms in total. The molecule has 0 heterocycles. The van der Waals surface area contributed by atoms with E-state index < -0.39 is 21.6 Å². The fourth-order valence-electron chi connectivity index (χ4n) is 3.03. The standard InChI is InChI=1S/C22H23FN2O5S/c23-22(11-9-17(10-12-22)16-5-2-1-3-6-16)21(28)24-18-7-8-20(27)19(15-18)25-31(29,30)14-4-13-26/h1-3,5-11,15,25-27H,4,12-14H2,(H,24,28). The number of aromatic hydroxyl groups is 1. The van der Waals surface area contributed by atoms with E-state index in [1.165, 1.54) is 24.3 Å². The van der Waals surface area contributed by atoms with E-state index in [1.54, 1.807) is 12.2 Å². The number of halogens is 1. The minimum absolute atomic E-state index is 0.0295. The Hall–Kier alpha value is -3.17. The molecule has 0 bridgehead atoms. The Morgan fingerprint density at radius 2 is 1.90 bits per heavy atom. The number of aliphatic hydroxyl groups is 1. The molecule has 2 aromatic carbocycles. The van der Waals surface area contributed by atoms with Gasteiger partial charge < -0.3 is 15.5 Å². The number of carbonyl (C=O) groups is 1. The number of rotatable bonds is 8. The average molecular weight is 447 g/mol. The Kier molecular flexibility index (Phi) is 6.77. The van der Waals surface area contributed by atoms with Crippen LogP contribution in [0, 0.1) is 0 Å². The maximum absolute atomic E-state index is 15.2. The maximum atomic E-state index is 15.2. The molecule has 1 amide bonds. The van der Waals surface area contributed by atoms with Gasteiger partial charge in [-0.1, -0.05) is 42.5 Å². The number of benzene rings is 2. The number of hydrogen-bond acceptors (Lipinski definition) is 5. The molecular formula is C22H23FN2O5S. The molecule has 0 radical (unpaired) electrons. The van der Waals surface area contributed by atoms with Crippen LogP contribution >= 0.6 is 0 Å². The van der Waals surface area contributed by atoms with Crippen LogP contribution in [0.25, 0.3) is 5.57 Å². The summed E-state index contributed by atoms with van der Waals surface area (Å²) in [7, 11) is -3.81. The van der Waals surface area contributed by atoms with Crippen LogP contribution in [0.3, 0.4) is 0 Å². The van der Waals surface area contributed by atoms with Gasteiger partial charge in [0.05, 0.1) is 11.4 Å². The lowest BCUT2D eigenvalue weighted by molar-refractivity contribution is -0.124. The van der Waals surface area contributed by atoms with E-state index in [1.807, 2.05) is 30.3 Å². The predicted molar refractivity (Wildman–Crippen MR) is 118 cm³/mol. The monoisotopic (exact) mass is 446 g/mol. The first-order valence-electron chi connectivity index (χ1n) is 9.62. The number of phenols is 1. The van der Waals surface area contributed by atoms with Crippen molar-refractivity contribution in [2.24, 2.45) is 0 Å². The lowest BCUT2D eigenvalue weighted by atomic mass is 9.90. The SMILES string of the molecule is O=C(Nc1ccc(O)c(NS(=O)(=O)CCCO)c1)C1(F)C=CC(c2ccccc2)=CC1. The lowest BCUT2D eigenvalue weighted by Gasteiger charge is -2.23. The van der Waals surface area contributed by atoms with E-state index in [-0.39, 0.29) is 42.3 Å². The van der Waals surface area contributed by atoms with Gasteiger partial charge in [0.15, 0.2) is 0 Å². The zero-order valence-electron chi connectivity index (χ0n) is 16.6. The van der Waals surface area contributed by atoms with E-state index in [0.717, 1.165) is 11.1 Å². The summed E-state index contributed by atoms with van der Waals surface area (Å²) in [6, 6.07) is 13.1. The molecule has 9 heteroatoms. The average Bonchev–Trinajstić information content (AvgIpc) is 2.75. The Balaban J connectivity index is 1.71. The first kappa shape index (κ1) is 22.5. The minimum atomic E-state index is -3.81. The van der Waals surface area contributed by atoms with Crippen molar-refractivity contribution in [2.45, 2.75) is 18.5 Å². The van der Waals surface area contributed by atoms with Crippen molar-refractivity contribution in [2.75, 3.05) is 22.4 Å². The molecule has 1 unspecified atom stereocenters. The molecule has 2 aromatic rings. The van der Waals surface area contributed by atoms with Gasteiger partial charge in [-0.15, -0.1) is 0 Å². The highest BCUT2D eigenvalue weighted by atomic mass is 32.2. The predicted octanol–water partition coefficient (Wildman–Crippen LogP) is 3.21. The van der Waals surface area contributed by atoms with Gasteiger partial charge in [-0.25, -0.2) is 12.8 Å². The number of allylic oxidation sites excluding steroid dienone is 3. The molecular weight excluding hydrogens is 423 g/mol. The summed E-state index contributed by atoms with van der Waals surface area (Å²) in [4.78, 5) is 12.6. The van der Waals surface area contributed by atoms with Crippen LogP contribution < -0.4 is 10.0 Å². The van der Waals surface area contributed by atoms with Gasteiger partial charge in [0.25, 0.3) is 5.91 Å². The highest BCUT2D eigenvalue weighted by Gasteiger charge is 2.36. The van der Waals surface area contributed by atoms with Crippen molar-refractivity contribution in [3.63, 3.8) is 0 Å². The van der Waals surface area contributed by atoms with E-state index in [0.29, 0.717) is 0 Å². The second-order valence-electron chi connectivity index (χ2n) is 7.11. The van der Waals surface area contributed by atoms with Crippen LogP contribution in [-0.2, 0) is 14.8 Å². The highest BCUT2D eigenvalue weighted by molar-refractivity contribution is 7.92. The fraction of sp³-hybridized carbons (Fsp3) is 0.227. The number of carbonyl (C=O) groups excluding carboxylic acids is 1. The van der Waals surface area contributed by atoms with Gasteiger partial charge in [-0.05, 0) is 41.8 Å². The van der Waals surface area contributed by atoms with Gasteiger partial charge >= 0.3 is 0 Å². The van der Waals surface area contributed by atoms with Gasteiger partial charge in [0.2, 0.25) is 15.7 Å². The topological polar surface area (TPSA) is 116 Å². The Morgan fingerprint density at radius 1 is 1.16 bits per heavy atom. The van der Waals surface area contributed by atoms with E-state index >= 15 is 4.39 Å². The summed E-state index contributed by atoms with van der Waals surface area (Å²) in [5.74, 6) is -1.60. The van der Waals surface area contributed by atoms with E-state index in [2.05, 4.69) is 10.0 Å². The number of nitrogens with one attached hydrogen (secondary N) is 2. The molecule has 1 aliphatic carbocycles. The zero-order chi connectivity index (χ0) is 22.5. The molecule has 4 N–H and O–H groups in total. The molecule has 31 heavy (non-hydrogen) atoms. The van der Waals surface area contributed by atoms with Gasteiger partial charge in [0, 0.05) is 18.7 Å². The molecule has 3 rings (SSSR count). The van der Waals surface area contributed by atoms with Gasteiger partial charge in [-0.3, -0.25) is 9.52 Å². The van der Waals surface area contributed by atoms with Crippen LogP contribution in [0.5, 0.6) is 5.75 Å². The summed E-state index contributed by atoms with van der Waals surface area (Å²) in [5, 5.41) is 21.1. The summed E-state index contributed by atoms with van der Waals surface area (Å²) in [6.45, 7) is -0.296. The van der Waals surface area contributed by atoms with Crippen molar-refractivity contribution in [1.29, 1.82) is 0 Å². The summed E-state index contributed by atoms with van der Waals surface area (Å²) < 4.78 is 41.4. The van der Waals surface area contributed by atoms with Crippen molar-refractivity contribution in [3.8, 4) is 5.75 Å². The number of hydrogen-bond donors (Lipinski definition) is 4. The summed E-state index contributed by atoms with van der Waals surface area (Å²) >= 11 is 0. The van der Waals surface area contributed by atoms with E-state index in [4.69, 9.17) is 5.11 Å². The van der Waals surface area contributed by atoms with Crippen molar-refractivity contribution in [1.82, 2.24) is 0 Å². The number of sulfonamides is 1. The summed E-state index contributed by atoms with van der Waals surface area (Å²) in [6.07, 6.45) is 4.27. The lowest BCUT2D eigenvalue weighted by Crippen LogP contribution is -2.37. The van der Waals surface area contributed by atoms with Gasteiger partial charge in [-0.2, -0.15) is 0 Å². The fourth-order valence-corrected chi connectivity index (χ4v) is 4.14. The number of aliphatic hydroxyl groups excluding tert-OH is 1. The van der Waals surface area contributed by atoms with Crippen LogP contribution in [-0.4, -0.2) is 42.6 Å². The number of amides is 1. The third-order valence-corrected chi connectivity index (χ3v) is 6.08. The smallest absolute Gasteiger partial charge is 0.266 e.